The molecule has 0 spiro atoms. The molecule has 1 saturated heterocycles. The van der Waals surface area contributed by atoms with E-state index < -0.39 is 16.4 Å². The predicted molar refractivity (Wildman–Crippen MR) is 101 cm³/mol. The summed E-state index contributed by atoms with van der Waals surface area (Å²) in [5, 5.41) is 0.498. The maximum absolute atomic E-state index is 12.7. The van der Waals surface area contributed by atoms with Crippen LogP contribution < -0.4 is 0 Å². The van der Waals surface area contributed by atoms with E-state index in [1.807, 2.05) is 45.0 Å². The van der Waals surface area contributed by atoms with E-state index in [1.165, 1.54) is 0 Å². The van der Waals surface area contributed by atoms with Gasteiger partial charge in [-0.2, -0.15) is 0 Å². The Labute approximate surface area is 156 Å². The number of para-hydroxylation sites is 2. The van der Waals surface area contributed by atoms with Crippen molar-refractivity contribution in [2.24, 2.45) is 5.92 Å². The Bertz CT molecular complexity index is 819. The molecule has 1 amide bonds. The van der Waals surface area contributed by atoms with E-state index in [9.17, 15) is 9.00 Å². The van der Waals surface area contributed by atoms with Crippen LogP contribution in [0.15, 0.2) is 35.5 Å². The van der Waals surface area contributed by atoms with Gasteiger partial charge in [0.05, 0.1) is 28.0 Å². The van der Waals surface area contributed by atoms with E-state index in [0.29, 0.717) is 23.9 Å². The third-order valence-corrected chi connectivity index (χ3v) is 5.65. The topological polar surface area (TPSA) is 72.4 Å². The fraction of sp³-hybridized carbons (Fsp3) is 0.526. The Kier molecular flexibility index (Phi) is 5.55. The van der Waals surface area contributed by atoms with Crippen LogP contribution in [-0.2, 0) is 15.5 Å². The second kappa shape index (κ2) is 7.70. The molecule has 140 valence electrons. The summed E-state index contributed by atoms with van der Waals surface area (Å²) in [7, 11) is -1.24. The molecular formula is C19H25N3O3S. The van der Waals surface area contributed by atoms with E-state index >= 15 is 0 Å². The van der Waals surface area contributed by atoms with E-state index in [1.54, 1.807) is 11.1 Å². The summed E-state index contributed by atoms with van der Waals surface area (Å²) < 4.78 is 18.2. The minimum absolute atomic E-state index is 0.172. The number of hydrogen-bond donors (Lipinski definition) is 0. The Morgan fingerprint density at radius 1 is 1.31 bits per heavy atom. The molecule has 3 rings (SSSR count). The van der Waals surface area contributed by atoms with Crippen molar-refractivity contribution in [2.75, 3.05) is 18.8 Å². The van der Waals surface area contributed by atoms with Gasteiger partial charge in [0.25, 0.3) is 0 Å². The summed E-state index contributed by atoms with van der Waals surface area (Å²) >= 11 is 0. The first-order chi connectivity index (χ1) is 12.3. The molecule has 1 aromatic carbocycles. The van der Waals surface area contributed by atoms with Crippen LogP contribution in [0, 0.1) is 5.92 Å². The standard InChI is InChI=1S/C19H25N3O3S/c1-19(2,3)25-18(23)22-10-6-7-14(12-22)13-26(24)17-11-20-15-8-4-5-9-16(15)21-17/h4-5,8-9,11,14H,6-7,10,12-13H2,1-3H3. The number of fused-ring (bicyclic) bond motifs is 1. The zero-order chi connectivity index (χ0) is 18.7. The molecule has 7 heteroatoms. The van der Waals surface area contributed by atoms with Gasteiger partial charge in [-0.1, -0.05) is 12.1 Å². The Hall–Kier alpha value is -2.02. The summed E-state index contributed by atoms with van der Waals surface area (Å²) in [6.45, 7) is 6.84. The first-order valence-corrected chi connectivity index (χ1v) is 10.2. The van der Waals surface area contributed by atoms with E-state index in [2.05, 4.69) is 9.97 Å². The molecule has 1 fully saturated rings. The first-order valence-electron chi connectivity index (χ1n) is 8.90. The normalized spacial score (nSPS) is 19.3. The highest BCUT2D eigenvalue weighted by molar-refractivity contribution is 7.84. The molecule has 1 aliphatic heterocycles. The molecule has 2 aromatic rings. The molecule has 2 heterocycles. The lowest BCUT2D eigenvalue weighted by Gasteiger charge is -2.33. The van der Waals surface area contributed by atoms with Crippen LogP contribution in [0.3, 0.4) is 0 Å². The molecule has 6 nitrogen and oxygen atoms in total. The third-order valence-electron chi connectivity index (χ3n) is 4.22. The van der Waals surface area contributed by atoms with Crippen LogP contribution in [0.5, 0.6) is 0 Å². The molecule has 1 aliphatic rings. The van der Waals surface area contributed by atoms with Gasteiger partial charge >= 0.3 is 6.09 Å². The highest BCUT2D eigenvalue weighted by Crippen LogP contribution is 2.22. The van der Waals surface area contributed by atoms with Gasteiger partial charge in [0.2, 0.25) is 0 Å². The van der Waals surface area contributed by atoms with Crippen molar-refractivity contribution >= 4 is 27.9 Å². The third kappa shape index (κ3) is 4.78. The van der Waals surface area contributed by atoms with Gasteiger partial charge < -0.3 is 9.64 Å². The number of carbonyl (C=O) groups excluding carboxylic acids is 1. The summed E-state index contributed by atoms with van der Waals surface area (Å²) in [6, 6.07) is 7.55. The lowest BCUT2D eigenvalue weighted by molar-refractivity contribution is 0.0176. The molecule has 0 radical (unpaired) electrons. The van der Waals surface area contributed by atoms with Gasteiger partial charge in [-0.15, -0.1) is 0 Å². The van der Waals surface area contributed by atoms with Crippen LogP contribution in [0.4, 0.5) is 4.79 Å². The fourth-order valence-electron chi connectivity index (χ4n) is 3.04. The second-order valence-corrected chi connectivity index (χ2v) is 9.09. The fourth-order valence-corrected chi connectivity index (χ4v) is 4.28. The highest BCUT2D eigenvalue weighted by atomic mass is 32.2. The molecule has 2 atom stereocenters. The highest BCUT2D eigenvalue weighted by Gasteiger charge is 2.28. The van der Waals surface area contributed by atoms with Gasteiger partial charge in [-0.3, -0.25) is 9.19 Å². The number of rotatable bonds is 3. The van der Waals surface area contributed by atoms with Gasteiger partial charge in [-0.25, -0.2) is 9.78 Å². The quantitative estimate of drug-likeness (QED) is 0.822. The molecule has 1 aromatic heterocycles. The van der Waals surface area contributed by atoms with E-state index in [4.69, 9.17) is 4.74 Å². The number of aromatic nitrogens is 2. The van der Waals surface area contributed by atoms with Crippen LogP contribution in [-0.4, -0.2) is 49.6 Å². The number of carbonyl (C=O) groups is 1. The monoisotopic (exact) mass is 375 g/mol. The van der Waals surface area contributed by atoms with E-state index in [0.717, 1.165) is 23.9 Å². The maximum atomic E-state index is 12.7. The number of hydrogen-bond acceptors (Lipinski definition) is 5. The van der Waals surface area contributed by atoms with Gasteiger partial charge in [0, 0.05) is 18.8 Å². The Balaban J connectivity index is 1.63. The number of likely N-dealkylation sites (tertiary alicyclic amines) is 1. The van der Waals surface area contributed by atoms with Crippen LogP contribution in [0.1, 0.15) is 33.6 Å². The van der Waals surface area contributed by atoms with Crippen molar-refractivity contribution in [3.05, 3.63) is 30.5 Å². The average molecular weight is 375 g/mol. The first kappa shape index (κ1) is 18.8. The molecule has 0 aliphatic carbocycles. The molecule has 26 heavy (non-hydrogen) atoms. The van der Waals surface area contributed by atoms with Crippen molar-refractivity contribution < 1.29 is 13.7 Å². The Morgan fingerprint density at radius 3 is 2.77 bits per heavy atom. The van der Waals surface area contributed by atoms with Crippen molar-refractivity contribution in [3.63, 3.8) is 0 Å². The summed E-state index contributed by atoms with van der Waals surface area (Å²) in [4.78, 5) is 22.8. The van der Waals surface area contributed by atoms with Crippen molar-refractivity contribution in [2.45, 2.75) is 44.2 Å². The van der Waals surface area contributed by atoms with Crippen LogP contribution in [0.2, 0.25) is 0 Å². The lowest BCUT2D eigenvalue weighted by Crippen LogP contribution is -2.44. The summed E-state index contributed by atoms with van der Waals surface area (Å²) in [5.41, 5.74) is 1.03. The SMILES string of the molecule is CC(C)(C)OC(=O)N1CCCC(CS(=O)c2cnc3ccccc3n2)C1. The number of ether oxygens (including phenoxy) is 1. The predicted octanol–water partition coefficient (Wildman–Crippen LogP) is 3.38. The minimum atomic E-state index is -1.24. The molecular weight excluding hydrogens is 350 g/mol. The van der Waals surface area contributed by atoms with Crippen LogP contribution in [0.25, 0.3) is 11.0 Å². The maximum Gasteiger partial charge on any atom is 0.410 e. The lowest BCUT2D eigenvalue weighted by atomic mass is 10.0. The van der Waals surface area contributed by atoms with Crippen molar-refractivity contribution in [3.8, 4) is 0 Å². The van der Waals surface area contributed by atoms with Crippen molar-refractivity contribution in [1.82, 2.24) is 14.9 Å². The van der Waals surface area contributed by atoms with E-state index in [-0.39, 0.29) is 12.0 Å². The second-order valence-electron chi connectivity index (χ2n) is 7.64. The van der Waals surface area contributed by atoms with Gasteiger partial charge in [-0.05, 0) is 51.7 Å². The average Bonchev–Trinajstić information content (AvgIpc) is 2.60. The van der Waals surface area contributed by atoms with Crippen molar-refractivity contribution in [1.29, 1.82) is 0 Å². The number of piperidine rings is 1. The number of benzene rings is 1. The summed E-state index contributed by atoms with van der Waals surface area (Å²) in [6.07, 6.45) is 3.14. The molecule has 0 N–H and O–H groups in total. The smallest absolute Gasteiger partial charge is 0.410 e. The Morgan fingerprint density at radius 2 is 2.04 bits per heavy atom. The summed E-state index contributed by atoms with van der Waals surface area (Å²) in [5.74, 6) is 0.650. The molecule has 2 unspecified atom stereocenters. The molecule has 0 bridgehead atoms. The number of nitrogens with zero attached hydrogens (tertiary/aromatic N) is 3. The zero-order valence-electron chi connectivity index (χ0n) is 15.5. The number of amides is 1. The van der Waals surface area contributed by atoms with Gasteiger partial charge in [0.15, 0.2) is 0 Å². The van der Waals surface area contributed by atoms with Gasteiger partial charge in [0.1, 0.15) is 10.6 Å². The minimum Gasteiger partial charge on any atom is -0.444 e. The molecule has 0 saturated carbocycles. The van der Waals surface area contributed by atoms with Crippen LogP contribution >= 0.6 is 0 Å². The zero-order valence-corrected chi connectivity index (χ0v) is 16.3. The largest absolute Gasteiger partial charge is 0.444 e.